The molecule has 0 aliphatic carbocycles. The zero-order chi connectivity index (χ0) is 48.1. The highest BCUT2D eigenvalue weighted by Crippen LogP contribution is 2.17. The summed E-state index contributed by atoms with van der Waals surface area (Å²) in [6, 6.07) is -1.20. The highest BCUT2D eigenvalue weighted by atomic mass is 16.4. The molecule has 6 amide bonds. The predicted molar refractivity (Wildman–Crippen MR) is 223 cm³/mol. The smallest absolute Gasteiger partial charge is 0.326 e. The van der Waals surface area contributed by atoms with Crippen LogP contribution in [-0.2, 0) is 54.4 Å². The van der Waals surface area contributed by atoms with Crippen LogP contribution in [0, 0.1) is 17.8 Å². The monoisotopic (exact) mass is 893 g/mol. The first-order valence-electron chi connectivity index (χ1n) is 20.5. The second kappa shape index (κ2) is 27.0. The molecule has 0 bridgehead atoms. The van der Waals surface area contributed by atoms with Gasteiger partial charge in [0.05, 0.1) is 24.6 Å². The molecule has 1 rings (SSSR count). The first kappa shape index (κ1) is 54.9. The molecule has 22 nitrogen and oxygen atoms in total. The standard InChI is InChI=1S/C41H63N7O15/c1-20(2)16-27(45-39(60)28(19-33(54)55)46-40(61)34(21(3)4)48-37(58)25(42)12-14-31(50)51)30(49)17-22(5)35(56)43-23(6)36(57)44-26(13-15-32(52)53)38(59)47-29(41(62)63)18-24-10-8-7-9-11-24/h7-11,20-23,25-30,34,49H,12-19,42H2,1-6H3,(H,43,56)(H,44,57)(H,45,60)(H,46,61)(H,47,59)(H,48,58)(H,50,51)(H,52,53)(H,54,55)(H,62,63)/t22-,23+,25+,26+,27+,28+,29+,30+,34+/m1/s1. The van der Waals surface area contributed by atoms with E-state index in [2.05, 4.69) is 31.9 Å². The Morgan fingerprint density at radius 3 is 1.63 bits per heavy atom. The fraction of sp³-hybridized carbons (Fsp3) is 0.610. The minimum Gasteiger partial charge on any atom is -0.481 e. The Kier molecular flexibility index (Phi) is 23.5. The fourth-order valence-electron chi connectivity index (χ4n) is 6.16. The van der Waals surface area contributed by atoms with Crippen LogP contribution in [0.3, 0.4) is 0 Å². The van der Waals surface area contributed by atoms with Crippen molar-refractivity contribution in [1.82, 2.24) is 31.9 Å². The summed E-state index contributed by atoms with van der Waals surface area (Å²) in [7, 11) is 0. The quantitative estimate of drug-likeness (QED) is 0.0452. The maximum Gasteiger partial charge on any atom is 0.326 e. The summed E-state index contributed by atoms with van der Waals surface area (Å²) < 4.78 is 0. The summed E-state index contributed by atoms with van der Waals surface area (Å²) in [6.45, 7) is 9.35. The predicted octanol–water partition coefficient (Wildman–Crippen LogP) is -1.14. The Balaban J connectivity index is 3.07. The second-order valence-electron chi connectivity index (χ2n) is 16.2. The second-order valence-corrected chi connectivity index (χ2v) is 16.2. The Morgan fingerprint density at radius 2 is 1.11 bits per heavy atom. The van der Waals surface area contributed by atoms with Crippen molar-refractivity contribution < 1.29 is 73.5 Å². The minimum atomic E-state index is -1.70. The van der Waals surface area contributed by atoms with Crippen molar-refractivity contribution in [3.63, 3.8) is 0 Å². The third-order valence-corrected chi connectivity index (χ3v) is 9.75. The molecule has 0 unspecified atom stereocenters. The van der Waals surface area contributed by atoms with Gasteiger partial charge in [0.15, 0.2) is 0 Å². The van der Waals surface area contributed by atoms with E-state index in [1.807, 2.05) is 0 Å². The van der Waals surface area contributed by atoms with Crippen LogP contribution in [0.15, 0.2) is 30.3 Å². The van der Waals surface area contributed by atoms with E-state index in [0.717, 1.165) is 0 Å². The maximum absolute atomic E-state index is 13.5. The maximum atomic E-state index is 13.5. The van der Waals surface area contributed by atoms with E-state index in [0.29, 0.717) is 5.56 Å². The number of aliphatic hydroxyl groups is 1. The number of hydrogen-bond acceptors (Lipinski definition) is 12. The number of aliphatic carboxylic acids is 4. The Labute approximate surface area is 364 Å². The highest BCUT2D eigenvalue weighted by Gasteiger charge is 2.35. The molecule has 1 aromatic carbocycles. The van der Waals surface area contributed by atoms with Gasteiger partial charge in [0, 0.05) is 25.2 Å². The number of hydrogen-bond donors (Lipinski definition) is 12. The molecular formula is C41H63N7O15. The first-order valence-corrected chi connectivity index (χ1v) is 20.5. The van der Waals surface area contributed by atoms with Crippen LogP contribution in [-0.4, -0.2) is 133 Å². The molecule has 63 heavy (non-hydrogen) atoms. The summed E-state index contributed by atoms with van der Waals surface area (Å²) in [4.78, 5) is 125. The van der Waals surface area contributed by atoms with Gasteiger partial charge in [0.1, 0.15) is 30.2 Å². The lowest BCUT2D eigenvalue weighted by Gasteiger charge is -2.30. The van der Waals surface area contributed by atoms with Gasteiger partial charge in [0.25, 0.3) is 0 Å². The van der Waals surface area contributed by atoms with Gasteiger partial charge in [-0.25, -0.2) is 4.79 Å². The van der Waals surface area contributed by atoms with Crippen LogP contribution in [0.4, 0.5) is 0 Å². The van der Waals surface area contributed by atoms with Gasteiger partial charge in [0.2, 0.25) is 35.4 Å². The SMILES string of the molecule is CC(C)C[C@H](NC(=O)[C@H](CC(=O)O)NC(=O)[C@@H](NC(=O)[C@@H](N)CCC(=O)O)C(C)C)[C@@H](O)C[C@@H](C)C(=O)N[C@@H](C)C(=O)N[C@@H](CCC(=O)O)C(=O)N[C@@H](Cc1ccccc1)C(=O)O. The van der Waals surface area contributed by atoms with Crippen LogP contribution in [0.25, 0.3) is 0 Å². The van der Waals surface area contributed by atoms with E-state index >= 15 is 0 Å². The molecule has 352 valence electrons. The van der Waals surface area contributed by atoms with Gasteiger partial charge in [-0.05, 0) is 50.0 Å². The van der Waals surface area contributed by atoms with Crippen molar-refractivity contribution >= 4 is 59.3 Å². The van der Waals surface area contributed by atoms with Crippen LogP contribution >= 0.6 is 0 Å². The third-order valence-electron chi connectivity index (χ3n) is 9.75. The van der Waals surface area contributed by atoms with E-state index in [9.17, 15) is 68.4 Å². The van der Waals surface area contributed by atoms with Gasteiger partial charge in [-0.1, -0.05) is 65.0 Å². The largest absolute Gasteiger partial charge is 0.481 e. The summed E-state index contributed by atoms with van der Waals surface area (Å²) in [5.74, 6) is -12.5. The van der Waals surface area contributed by atoms with Crippen molar-refractivity contribution in [1.29, 1.82) is 0 Å². The van der Waals surface area contributed by atoms with E-state index in [1.165, 1.54) is 13.8 Å². The highest BCUT2D eigenvalue weighted by molar-refractivity contribution is 5.95. The number of benzene rings is 1. The number of aliphatic hydroxyl groups excluding tert-OH is 1. The van der Waals surface area contributed by atoms with Gasteiger partial charge in [-0.15, -0.1) is 0 Å². The lowest BCUT2D eigenvalue weighted by Crippen LogP contribution is -2.59. The first-order chi connectivity index (χ1) is 29.3. The fourth-order valence-corrected chi connectivity index (χ4v) is 6.16. The summed E-state index contributed by atoms with van der Waals surface area (Å²) in [5, 5.41) is 63.1. The van der Waals surface area contributed by atoms with Crippen molar-refractivity contribution in [2.24, 2.45) is 23.5 Å². The van der Waals surface area contributed by atoms with E-state index < -0.39 is 145 Å². The molecule has 0 aliphatic rings. The summed E-state index contributed by atoms with van der Waals surface area (Å²) in [6.07, 6.45) is -4.21. The molecular weight excluding hydrogens is 830 g/mol. The van der Waals surface area contributed by atoms with E-state index in [1.54, 1.807) is 58.0 Å². The number of carboxylic acids is 4. The molecule has 22 heteroatoms. The molecule has 0 saturated heterocycles. The van der Waals surface area contributed by atoms with Crippen LogP contribution in [0.2, 0.25) is 0 Å². The number of nitrogens with one attached hydrogen (secondary N) is 6. The normalized spacial score (nSPS) is 15.5. The zero-order valence-corrected chi connectivity index (χ0v) is 36.3. The molecule has 0 aliphatic heterocycles. The van der Waals surface area contributed by atoms with Gasteiger partial charge in [-0.2, -0.15) is 0 Å². The van der Waals surface area contributed by atoms with Crippen LogP contribution < -0.4 is 37.6 Å². The molecule has 0 fully saturated rings. The molecule has 1 aromatic rings. The van der Waals surface area contributed by atoms with Gasteiger partial charge < -0.3 is 63.2 Å². The summed E-state index contributed by atoms with van der Waals surface area (Å²) >= 11 is 0. The Bertz CT molecular complexity index is 1760. The molecule has 0 spiro atoms. The Morgan fingerprint density at radius 1 is 0.571 bits per heavy atom. The number of carbonyl (C=O) groups is 10. The lowest BCUT2D eigenvalue weighted by molar-refractivity contribution is -0.143. The van der Waals surface area contributed by atoms with E-state index in [-0.39, 0.29) is 31.6 Å². The number of amides is 6. The summed E-state index contributed by atoms with van der Waals surface area (Å²) in [5.41, 5.74) is 6.36. The number of nitrogens with two attached hydrogens (primary N) is 1. The number of rotatable bonds is 29. The molecule has 0 radical (unpaired) electrons. The average molecular weight is 894 g/mol. The van der Waals surface area contributed by atoms with E-state index in [4.69, 9.17) is 10.8 Å². The van der Waals surface area contributed by atoms with Crippen LogP contribution in [0.1, 0.15) is 92.1 Å². The topological polar surface area (TPSA) is 370 Å². The number of carbonyl (C=O) groups excluding carboxylic acids is 6. The molecule has 0 heterocycles. The third kappa shape index (κ3) is 21.0. The van der Waals surface area contributed by atoms with Gasteiger partial charge in [-0.3, -0.25) is 43.2 Å². The lowest BCUT2D eigenvalue weighted by atomic mass is 9.92. The average Bonchev–Trinajstić information content (AvgIpc) is 3.18. The van der Waals surface area contributed by atoms with Crippen molar-refractivity contribution in [3.8, 4) is 0 Å². The van der Waals surface area contributed by atoms with Crippen molar-refractivity contribution in [2.75, 3.05) is 0 Å². The van der Waals surface area contributed by atoms with Gasteiger partial charge >= 0.3 is 23.9 Å². The minimum absolute atomic E-state index is 0.103. The number of carboxylic acid groups (broad SMARTS) is 4. The molecule has 13 N–H and O–H groups in total. The van der Waals surface area contributed by atoms with Crippen molar-refractivity contribution in [3.05, 3.63) is 35.9 Å². The molecule has 0 aromatic heterocycles. The zero-order valence-electron chi connectivity index (χ0n) is 36.3. The molecule has 9 atom stereocenters. The van der Waals surface area contributed by atoms with Crippen molar-refractivity contribution in [2.45, 2.75) is 141 Å². The molecule has 0 saturated carbocycles. The van der Waals surface area contributed by atoms with Crippen LogP contribution in [0.5, 0.6) is 0 Å². The Hall–Kier alpha value is -6.16.